The molecule has 10 nitrogen and oxygen atoms in total. The lowest BCUT2D eigenvalue weighted by Gasteiger charge is -2.37. The Hall–Kier alpha value is -4.07. The Balaban J connectivity index is 1.20. The van der Waals surface area contributed by atoms with Crippen LogP contribution in [-0.4, -0.2) is 59.9 Å². The number of alkyl halides is 2. The molecule has 1 saturated heterocycles. The van der Waals surface area contributed by atoms with Crippen LogP contribution in [0, 0.1) is 0 Å². The standard InChI is InChI=1S/C31H31ClF2N4O6S/c1-30(2,3)24-10-18(15-36-28(24)37-29(40)41)14-35-26(39)9-6-22-12-21-11-20(13-25(32)27(21)44-22)19-4-7-23(8-5-19)45(42,43)38-16-31(33,34)17-38/h4-11,13,15,22H,12,14,16-17H2,1-3H3,(H,35,39)(H,36,37)(H,40,41). The highest BCUT2D eigenvalue weighted by Gasteiger charge is 2.49. The average molecular weight is 661 g/mol. The van der Waals surface area contributed by atoms with Crippen molar-refractivity contribution in [3.8, 4) is 16.9 Å². The molecule has 2 aromatic carbocycles. The number of carbonyl (C=O) groups is 2. The second-order valence-corrected chi connectivity index (χ2v) is 14.3. The molecule has 2 amide bonds. The SMILES string of the molecule is CC(C)(C)c1cc(CNC(=O)C=CC2Cc3cc(-c4ccc(S(=O)(=O)N5CC(F)(F)C5)cc4)cc(Cl)c3O2)cnc1NC(=O)O. The van der Waals surface area contributed by atoms with Gasteiger partial charge < -0.3 is 15.2 Å². The normalized spacial score (nSPS) is 17.8. The van der Waals surface area contributed by atoms with Crippen molar-refractivity contribution < 1.29 is 36.6 Å². The van der Waals surface area contributed by atoms with E-state index in [-0.39, 0.29) is 28.6 Å². The van der Waals surface area contributed by atoms with Crippen LogP contribution >= 0.6 is 11.6 Å². The van der Waals surface area contributed by atoms with E-state index in [4.69, 9.17) is 21.4 Å². The predicted octanol–water partition coefficient (Wildman–Crippen LogP) is 5.61. The van der Waals surface area contributed by atoms with E-state index in [2.05, 4.69) is 15.6 Å². The number of aromatic nitrogens is 1. The largest absolute Gasteiger partial charge is 0.484 e. The first-order valence-corrected chi connectivity index (χ1v) is 15.8. The third-order valence-corrected chi connectivity index (χ3v) is 9.44. The molecule has 45 heavy (non-hydrogen) atoms. The maximum Gasteiger partial charge on any atom is 0.410 e. The highest BCUT2D eigenvalue weighted by Crippen LogP contribution is 2.40. The molecule has 0 aliphatic carbocycles. The summed E-state index contributed by atoms with van der Waals surface area (Å²) in [6, 6.07) is 11.3. The van der Waals surface area contributed by atoms with Gasteiger partial charge in [0, 0.05) is 36.4 Å². The van der Waals surface area contributed by atoms with Gasteiger partial charge >= 0.3 is 6.09 Å². The van der Waals surface area contributed by atoms with Crippen LogP contribution in [0.15, 0.2) is 65.7 Å². The summed E-state index contributed by atoms with van der Waals surface area (Å²) in [4.78, 5) is 27.8. The molecule has 0 bridgehead atoms. The molecule has 238 valence electrons. The van der Waals surface area contributed by atoms with E-state index >= 15 is 0 Å². The van der Waals surface area contributed by atoms with Crippen molar-refractivity contribution in [2.24, 2.45) is 0 Å². The fourth-order valence-corrected chi connectivity index (χ4v) is 6.83. The number of carbonyl (C=O) groups excluding carboxylic acids is 1. The number of hydrogen-bond donors (Lipinski definition) is 3. The van der Waals surface area contributed by atoms with Gasteiger partial charge in [-0.1, -0.05) is 44.5 Å². The molecule has 1 unspecified atom stereocenters. The molecule has 14 heteroatoms. The molecule has 1 aromatic heterocycles. The summed E-state index contributed by atoms with van der Waals surface area (Å²) in [6.45, 7) is 4.32. The van der Waals surface area contributed by atoms with Crippen LogP contribution in [-0.2, 0) is 33.2 Å². The zero-order valence-corrected chi connectivity index (χ0v) is 26.2. The number of nitrogens with one attached hydrogen (secondary N) is 2. The molecular formula is C31H31ClF2N4O6S. The Kier molecular flexibility index (Phi) is 8.64. The molecule has 0 radical (unpaired) electrons. The summed E-state index contributed by atoms with van der Waals surface area (Å²) in [5.74, 6) is -2.63. The minimum absolute atomic E-state index is 0.0704. The number of amides is 2. The Morgan fingerprint density at radius 3 is 2.47 bits per heavy atom. The highest BCUT2D eigenvalue weighted by atomic mass is 35.5. The summed E-state index contributed by atoms with van der Waals surface area (Å²) in [5.41, 5.74) is 3.22. The Morgan fingerprint density at radius 2 is 1.84 bits per heavy atom. The van der Waals surface area contributed by atoms with Crippen LogP contribution in [0.2, 0.25) is 5.02 Å². The van der Waals surface area contributed by atoms with Gasteiger partial charge in [0.2, 0.25) is 15.9 Å². The number of rotatable bonds is 8. The maximum atomic E-state index is 13.2. The van der Waals surface area contributed by atoms with Crippen molar-refractivity contribution in [3.05, 3.63) is 82.5 Å². The van der Waals surface area contributed by atoms with Gasteiger partial charge in [0.25, 0.3) is 5.92 Å². The van der Waals surface area contributed by atoms with E-state index in [0.717, 1.165) is 15.4 Å². The van der Waals surface area contributed by atoms with E-state index in [9.17, 15) is 26.8 Å². The predicted molar refractivity (Wildman–Crippen MR) is 164 cm³/mol. The maximum absolute atomic E-state index is 13.2. The van der Waals surface area contributed by atoms with E-state index < -0.39 is 41.2 Å². The molecular weight excluding hydrogens is 630 g/mol. The average Bonchev–Trinajstić information content (AvgIpc) is 3.37. The summed E-state index contributed by atoms with van der Waals surface area (Å²) in [5, 5.41) is 14.5. The van der Waals surface area contributed by atoms with Crippen LogP contribution in [0.3, 0.4) is 0 Å². The first-order valence-electron chi connectivity index (χ1n) is 13.9. The summed E-state index contributed by atoms with van der Waals surface area (Å²) >= 11 is 6.51. The number of pyridine rings is 1. The zero-order chi connectivity index (χ0) is 32.7. The monoisotopic (exact) mass is 660 g/mol. The van der Waals surface area contributed by atoms with Crippen molar-refractivity contribution in [1.29, 1.82) is 0 Å². The molecule has 0 saturated carbocycles. The third kappa shape index (κ3) is 7.26. The second kappa shape index (κ2) is 12.0. The van der Waals surface area contributed by atoms with Crippen molar-refractivity contribution >= 4 is 39.4 Å². The molecule has 2 aliphatic heterocycles. The highest BCUT2D eigenvalue weighted by molar-refractivity contribution is 7.89. The lowest BCUT2D eigenvalue weighted by Crippen LogP contribution is -2.58. The van der Waals surface area contributed by atoms with Crippen molar-refractivity contribution in [1.82, 2.24) is 14.6 Å². The van der Waals surface area contributed by atoms with Crippen molar-refractivity contribution in [2.45, 2.75) is 56.1 Å². The first-order chi connectivity index (χ1) is 21.0. The Labute approximate surface area is 264 Å². The number of hydrogen-bond acceptors (Lipinski definition) is 6. The number of benzene rings is 2. The van der Waals surface area contributed by atoms with Gasteiger partial charge in [-0.3, -0.25) is 10.1 Å². The Bertz CT molecular complexity index is 1780. The minimum Gasteiger partial charge on any atom is -0.484 e. The first kappa shape index (κ1) is 32.3. The van der Waals surface area contributed by atoms with E-state index in [1.54, 1.807) is 30.3 Å². The van der Waals surface area contributed by atoms with Gasteiger partial charge in [0.15, 0.2) is 0 Å². The molecule has 1 atom stereocenters. The smallest absolute Gasteiger partial charge is 0.410 e. The molecule has 3 aromatic rings. The summed E-state index contributed by atoms with van der Waals surface area (Å²) < 4.78 is 58.3. The van der Waals surface area contributed by atoms with Gasteiger partial charge in [-0.2, -0.15) is 4.31 Å². The fourth-order valence-electron chi connectivity index (χ4n) is 5.05. The molecule has 1 fully saturated rings. The van der Waals surface area contributed by atoms with Gasteiger partial charge in [-0.05, 0) is 58.5 Å². The lowest BCUT2D eigenvalue weighted by molar-refractivity contribution is -0.116. The quantitative estimate of drug-likeness (QED) is 0.267. The third-order valence-electron chi connectivity index (χ3n) is 7.36. The van der Waals surface area contributed by atoms with Crippen LogP contribution in [0.25, 0.3) is 11.1 Å². The van der Waals surface area contributed by atoms with Gasteiger partial charge in [-0.15, -0.1) is 0 Å². The number of nitrogens with zero attached hydrogens (tertiary/aromatic N) is 2. The van der Waals surface area contributed by atoms with Crippen LogP contribution in [0.5, 0.6) is 5.75 Å². The lowest BCUT2D eigenvalue weighted by atomic mass is 9.86. The zero-order valence-electron chi connectivity index (χ0n) is 24.6. The Morgan fingerprint density at radius 1 is 1.16 bits per heavy atom. The minimum atomic E-state index is -4.00. The fraction of sp³-hybridized carbons (Fsp3) is 0.323. The van der Waals surface area contributed by atoms with Crippen LogP contribution < -0.4 is 15.4 Å². The molecule has 5 rings (SSSR count). The molecule has 2 aliphatic rings. The van der Waals surface area contributed by atoms with E-state index in [1.807, 2.05) is 26.8 Å². The summed E-state index contributed by atoms with van der Waals surface area (Å²) in [7, 11) is -4.00. The molecule has 3 N–H and O–H groups in total. The number of sulfonamides is 1. The van der Waals surface area contributed by atoms with E-state index in [0.29, 0.717) is 33.9 Å². The van der Waals surface area contributed by atoms with Gasteiger partial charge in [-0.25, -0.2) is 27.0 Å². The second-order valence-electron chi connectivity index (χ2n) is 12.0. The summed E-state index contributed by atoms with van der Waals surface area (Å²) in [6.07, 6.45) is 3.28. The van der Waals surface area contributed by atoms with Gasteiger partial charge in [0.05, 0.1) is 23.0 Å². The van der Waals surface area contributed by atoms with Gasteiger partial charge in [0.1, 0.15) is 17.7 Å². The number of carboxylic acid groups (broad SMARTS) is 1. The van der Waals surface area contributed by atoms with Crippen LogP contribution in [0.1, 0.15) is 37.5 Å². The molecule has 3 heterocycles. The topological polar surface area (TPSA) is 138 Å². The van der Waals surface area contributed by atoms with Crippen LogP contribution in [0.4, 0.5) is 19.4 Å². The number of anilines is 1. The van der Waals surface area contributed by atoms with E-state index in [1.165, 1.54) is 24.4 Å². The molecule has 0 spiro atoms. The van der Waals surface area contributed by atoms with Crippen molar-refractivity contribution in [3.63, 3.8) is 0 Å². The number of ether oxygens (including phenoxy) is 1. The van der Waals surface area contributed by atoms with Crippen molar-refractivity contribution in [2.75, 3.05) is 18.4 Å². The number of fused-ring (bicyclic) bond motifs is 1. The number of halogens is 3.